The van der Waals surface area contributed by atoms with Gasteiger partial charge >= 0.3 is 6.09 Å². The molecule has 2 saturated heterocycles. The number of amides is 2. The Hall–Kier alpha value is -1.74. The molecule has 0 N–H and O–H groups in total. The maximum absolute atomic E-state index is 13.8. The molecule has 7 nitrogen and oxygen atoms in total. The Balaban J connectivity index is 1.90. The van der Waals surface area contributed by atoms with Gasteiger partial charge in [-0.15, -0.1) is 0 Å². The fourth-order valence-electron chi connectivity index (χ4n) is 5.21. The summed E-state index contributed by atoms with van der Waals surface area (Å²) < 4.78 is 25.4. The van der Waals surface area contributed by atoms with Crippen LogP contribution in [-0.4, -0.2) is 54.9 Å². The first kappa shape index (κ1) is 28.8. The summed E-state index contributed by atoms with van der Waals surface area (Å²) in [5.41, 5.74) is -0.0179. The summed E-state index contributed by atoms with van der Waals surface area (Å²) in [6, 6.07) is 9.07. The summed E-state index contributed by atoms with van der Waals surface area (Å²) in [4.78, 5) is 28.0. The van der Waals surface area contributed by atoms with E-state index in [0.29, 0.717) is 6.42 Å². The zero-order chi connectivity index (χ0) is 27.3. The molecule has 6 atom stereocenters. The maximum atomic E-state index is 13.8. The molecule has 0 bridgehead atoms. The molecule has 36 heavy (non-hydrogen) atoms. The molecule has 0 aliphatic carbocycles. The normalized spacial score (nSPS) is 30.2. The minimum absolute atomic E-state index is 0.0177. The highest BCUT2D eigenvalue weighted by Gasteiger charge is 2.60. The zero-order valence-electron chi connectivity index (χ0n) is 23.9. The number of hydrogen-bond donors (Lipinski definition) is 0. The second kappa shape index (κ2) is 9.85. The van der Waals surface area contributed by atoms with E-state index in [1.165, 1.54) is 4.90 Å². The molecule has 2 fully saturated rings. The van der Waals surface area contributed by atoms with Gasteiger partial charge in [-0.25, -0.2) is 9.69 Å². The molecule has 2 amide bonds. The van der Waals surface area contributed by atoms with Gasteiger partial charge in [0.15, 0.2) is 14.1 Å². The molecule has 0 saturated carbocycles. The van der Waals surface area contributed by atoms with Crippen LogP contribution in [-0.2, 0) is 23.4 Å². The monoisotopic (exact) mass is 519 g/mol. The van der Waals surface area contributed by atoms with Crippen molar-refractivity contribution in [3.8, 4) is 0 Å². The van der Waals surface area contributed by atoms with Gasteiger partial charge in [0.1, 0.15) is 17.8 Å². The highest BCUT2D eigenvalue weighted by atomic mass is 28.4. The van der Waals surface area contributed by atoms with E-state index in [1.807, 2.05) is 65.0 Å². The number of ether oxygens (including phenoxy) is 3. The predicted octanol–water partition coefficient (Wildman–Crippen LogP) is 6.44. The molecule has 202 valence electrons. The highest BCUT2D eigenvalue weighted by molar-refractivity contribution is 6.74. The largest absolute Gasteiger partial charge is 0.439 e. The number of hydrogen-bond acceptors (Lipinski definition) is 6. The van der Waals surface area contributed by atoms with Gasteiger partial charge in [0.2, 0.25) is 5.91 Å². The van der Waals surface area contributed by atoms with Gasteiger partial charge in [-0.3, -0.25) is 4.79 Å². The molecular formula is C28H45NO6Si. The minimum atomic E-state index is -2.14. The maximum Gasteiger partial charge on any atom is 0.417 e. The first-order valence-electron chi connectivity index (χ1n) is 13.1. The summed E-state index contributed by atoms with van der Waals surface area (Å²) in [6.45, 7) is 22.5. The number of carbonyl (C=O) groups is 2. The Bertz CT molecular complexity index is 959. The number of imide groups is 1. The van der Waals surface area contributed by atoms with Crippen LogP contribution in [0, 0.1) is 5.92 Å². The van der Waals surface area contributed by atoms with E-state index in [1.54, 1.807) is 0 Å². The lowest BCUT2D eigenvalue weighted by molar-refractivity contribution is -0.177. The van der Waals surface area contributed by atoms with Crippen LogP contribution in [0.4, 0.5) is 4.79 Å². The number of benzene rings is 1. The fourth-order valence-corrected chi connectivity index (χ4v) is 6.68. The highest BCUT2D eigenvalue weighted by Crippen LogP contribution is 2.47. The molecule has 0 radical (unpaired) electrons. The van der Waals surface area contributed by atoms with Crippen molar-refractivity contribution in [3.63, 3.8) is 0 Å². The van der Waals surface area contributed by atoms with Crippen molar-refractivity contribution < 1.29 is 28.2 Å². The number of carbonyl (C=O) groups excluding carboxylic acids is 2. The Morgan fingerprint density at radius 3 is 2.28 bits per heavy atom. The molecule has 6 unspecified atom stereocenters. The van der Waals surface area contributed by atoms with Crippen LogP contribution in [0.2, 0.25) is 18.1 Å². The van der Waals surface area contributed by atoms with Crippen molar-refractivity contribution in [2.24, 2.45) is 5.92 Å². The zero-order valence-corrected chi connectivity index (χ0v) is 24.9. The summed E-state index contributed by atoms with van der Waals surface area (Å²) in [5.74, 6) is -1.88. The molecule has 2 aliphatic heterocycles. The van der Waals surface area contributed by atoms with Gasteiger partial charge in [-0.1, -0.05) is 65.0 Å². The van der Waals surface area contributed by atoms with Gasteiger partial charge < -0.3 is 18.6 Å². The van der Waals surface area contributed by atoms with Gasteiger partial charge in [-0.2, -0.15) is 0 Å². The fraction of sp³-hybridized carbons (Fsp3) is 0.714. The lowest BCUT2D eigenvalue weighted by Crippen LogP contribution is -2.58. The smallest absolute Gasteiger partial charge is 0.417 e. The summed E-state index contributed by atoms with van der Waals surface area (Å²) in [7, 11) is -2.14. The van der Waals surface area contributed by atoms with Gasteiger partial charge in [0.05, 0.1) is 18.1 Å². The van der Waals surface area contributed by atoms with Crippen molar-refractivity contribution in [1.29, 1.82) is 0 Å². The summed E-state index contributed by atoms with van der Waals surface area (Å²) in [5, 5.41) is 0.0177. The SMILES string of the molecule is CCC(O[Si](C)(C)C(C)(C)C)C1(C)OC(C)(C)OC1C(C)C(=O)N1C(=O)OC(c2ccccc2)C1C. The third-order valence-corrected chi connectivity index (χ3v) is 12.7. The van der Waals surface area contributed by atoms with Gasteiger partial charge in [-0.05, 0) is 57.8 Å². The second-order valence-corrected chi connectivity index (χ2v) is 17.2. The van der Waals surface area contributed by atoms with E-state index in [0.717, 1.165) is 5.56 Å². The molecule has 8 heteroatoms. The summed E-state index contributed by atoms with van der Waals surface area (Å²) >= 11 is 0. The number of nitrogens with zero attached hydrogens (tertiary/aromatic N) is 1. The quantitative estimate of drug-likeness (QED) is 0.386. The van der Waals surface area contributed by atoms with Crippen molar-refractivity contribution in [1.82, 2.24) is 4.90 Å². The molecule has 3 rings (SSSR count). The molecule has 2 aliphatic rings. The third kappa shape index (κ3) is 5.28. The van der Waals surface area contributed by atoms with Crippen LogP contribution in [0.1, 0.15) is 80.4 Å². The van der Waals surface area contributed by atoms with E-state index in [4.69, 9.17) is 18.6 Å². The first-order chi connectivity index (χ1) is 16.4. The standard InChI is InChI=1S/C28H45NO6Si/c1-12-21(34-36(10,11)26(4,5)6)28(9)23(33-27(7,8)35-28)18(2)24(30)29-19(3)22(32-25(29)31)20-16-14-13-15-17-20/h13-19,21-23H,12H2,1-11H3. The predicted molar refractivity (Wildman–Crippen MR) is 142 cm³/mol. The van der Waals surface area contributed by atoms with Crippen LogP contribution in [0.15, 0.2) is 30.3 Å². The molecule has 1 aromatic rings. The number of cyclic esters (lactones) is 1. The molecule has 1 aromatic carbocycles. The third-order valence-electron chi connectivity index (χ3n) is 8.17. The Labute approximate surface area is 217 Å². The van der Waals surface area contributed by atoms with Crippen LogP contribution in [0.25, 0.3) is 0 Å². The minimum Gasteiger partial charge on any atom is -0.439 e. The van der Waals surface area contributed by atoms with Crippen molar-refractivity contribution in [2.75, 3.05) is 0 Å². The van der Waals surface area contributed by atoms with Crippen LogP contribution in [0.5, 0.6) is 0 Å². The van der Waals surface area contributed by atoms with Crippen LogP contribution < -0.4 is 0 Å². The van der Waals surface area contributed by atoms with Crippen molar-refractivity contribution in [2.45, 2.75) is 123 Å². The first-order valence-corrected chi connectivity index (χ1v) is 16.0. The van der Waals surface area contributed by atoms with Crippen LogP contribution >= 0.6 is 0 Å². The van der Waals surface area contributed by atoms with E-state index in [2.05, 4.69) is 40.8 Å². The van der Waals surface area contributed by atoms with Crippen molar-refractivity contribution in [3.05, 3.63) is 35.9 Å². The summed E-state index contributed by atoms with van der Waals surface area (Å²) in [6.07, 6.45) is -1.31. The Morgan fingerprint density at radius 2 is 1.75 bits per heavy atom. The van der Waals surface area contributed by atoms with Gasteiger partial charge in [0.25, 0.3) is 0 Å². The topological polar surface area (TPSA) is 74.3 Å². The van der Waals surface area contributed by atoms with E-state index >= 15 is 0 Å². The number of rotatable bonds is 7. The average molecular weight is 520 g/mol. The second-order valence-electron chi connectivity index (χ2n) is 12.5. The lowest BCUT2D eigenvalue weighted by atomic mass is 9.83. The van der Waals surface area contributed by atoms with Crippen LogP contribution in [0.3, 0.4) is 0 Å². The van der Waals surface area contributed by atoms with Crippen molar-refractivity contribution >= 4 is 20.3 Å². The van der Waals surface area contributed by atoms with Gasteiger partial charge in [0, 0.05) is 0 Å². The lowest BCUT2D eigenvalue weighted by Gasteiger charge is -2.45. The Morgan fingerprint density at radius 1 is 1.17 bits per heavy atom. The Kier molecular flexibility index (Phi) is 7.89. The average Bonchev–Trinajstić information content (AvgIpc) is 3.22. The van der Waals surface area contributed by atoms with E-state index in [-0.39, 0.29) is 17.0 Å². The molecule has 2 heterocycles. The van der Waals surface area contributed by atoms with E-state index < -0.39 is 50.0 Å². The molecule has 0 aromatic heterocycles. The molecule has 0 spiro atoms. The van der Waals surface area contributed by atoms with E-state index in [9.17, 15) is 9.59 Å². The molecular weight excluding hydrogens is 474 g/mol.